The van der Waals surface area contributed by atoms with Crippen LogP contribution >= 0.6 is 11.6 Å². The molecule has 2 atom stereocenters. The van der Waals surface area contributed by atoms with Crippen LogP contribution in [0.3, 0.4) is 0 Å². The molecule has 2 N–H and O–H groups in total. The zero-order valence-electron chi connectivity index (χ0n) is 15.8. The van der Waals surface area contributed by atoms with Gasteiger partial charge in [0.05, 0.1) is 21.9 Å². The largest absolute Gasteiger partial charge is 0.383 e. The fourth-order valence-corrected chi connectivity index (χ4v) is 4.40. The Balaban J connectivity index is 1.52. The smallest absolute Gasteiger partial charge is 0.211 e. The van der Waals surface area contributed by atoms with Crippen LogP contribution in [0, 0.1) is 0 Å². The van der Waals surface area contributed by atoms with Crippen LogP contribution in [-0.2, 0) is 0 Å². The van der Waals surface area contributed by atoms with Crippen LogP contribution < -0.4 is 10.6 Å². The van der Waals surface area contributed by atoms with Crippen LogP contribution in [0.25, 0.3) is 5.52 Å². The molecule has 0 saturated heterocycles. The zero-order valence-corrected chi connectivity index (χ0v) is 16.5. The minimum Gasteiger partial charge on any atom is -0.383 e. The summed E-state index contributed by atoms with van der Waals surface area (Å²) in [6, 6.07) is 9.81. The zero-order chi connectivity index (χ0) is 19.4. The van der Waals surface area contributed by atoms with Gasteiger partial charge in [0.1, 0.15) is 5.69 Å². The lowest BCUT2D eigenvalue weighted by Gasteiger charge is -2.31. The number of pyridine rings is 1. The molecule has 142 valence electrons. The molecule has 1 aromatic carbocycles. The van der Waals surface area contributed by atoms with Gasteiger partial charge in [-0.15, -0.1) is 0 Å². The van der Waals surface area contributed by atoms with E-state index in [1.807, 2.05) is 12.3 Å². The Labute approximate surface area is 168 Å². The molecule has 0 saturated carbocycles. The van der Waals surface area contributed by atoms with Gasteiger partial charge < -0.3 is 10.6 Å². The maximum absolute atomic E-state index is 13.2. The van der Waals surface area contributed by atoms with Crippen molar-refractivity contribution in [3.05, 3.63) is 70.1 Å². The average molecular weight is 393 g/mol. The number of hydrogen-bond acceptors (Lipinski definition) is 4. The molecule has 6 heteroatoms. The van der Waals surface area contributed by atoms with E-state index in [9.17, 15) is 4.79 Å². The highest BCUT2D eigenvalue weighted by Gasteiger charge is 2.30. The molecular weight excluding hydrogens is 372 g/mol. The first-order chi connectivity index (χ1) is 13.5. The number of ketones is 1. The molecule has 28 heavy (non-hydrogen) atoms. The van der Waals surface area contributed by atoms with Crippen molar-refractivity contribution in [3.63, 3.8) is 0 Å². The molecule has 4 heterocycles. The summed E-state index contributed by atoms with van der Waals surface area (Å²) >= 11 is 6.03. The number of carbonyl (C=O) groups is 1. The van der Waals surface area contributed by atoms with Gasteiger partial charge in [-0.3, -0.25) is 4.79 Å². The van der Waals surface area contributed by atoms with Crippen LogP contribution in [-0.4, -0.2) is 21.9 Å². The summed E-state index contributed by atoms with van der Waals surface area (Å²) < 4.78 is 1.65. The number of aromatic nitrogens is 2. The molecule has 0 radical (unpaired) electrons. The third kappa shape index (κ3) is 2.61. The molecule has 2 aliphatic rings. The fraction of sp³-hybridized carbons (Fsp3) is 0.273. The Morgan fingerprint density at radius 2 is 2.00 bits per heavy atom. The van der Waals surface area contributed by atoms with Gasteiger partial charge in [-0.1, -0.05) is 37.6 Å². The van der Waals surface area contributed by atoms with Crippen LogP contribution in [0.2, 0.25) is 5.02 Å². The van der Waals surface area contributed by atoms with E-state index in [0.717, 1.165) is 29.7 Å². The lowest BCUT2D eigenvalue weighted by Crippen LogP contribution is -2.22. The van der Waals surface area contributed by atoms with Gasteiger partial charge in [0.15, 0.2) is 0 Å². The van der Waals surface area contributed by atoms with Gasteiger partial charge >= 0.3 is 0 Å². The number of halogens is 1. The van der Waals surface area contributed by atoms with Crippen molar-refractivity contribution in [3.8, 4) is 0 Å². The molecule has 0 fully saturated rings. The SMILES string of the molecule is CC1CCNc2c1ccc1c2NC=C(C(=O)c2cc3ccc(Cl)cn3n2)C1C. The normalized spacial score (nSPS) is 20.6. The standard InChI is InChI=1S/C22H21ClN4O/c1-12-7-8-24-20-16(12)5-6-17-13(2)18(10-25-21(17)20)22(28)19-9-15-4-3-14(23)11-27(15)26-19/h3-6,9-13,24-25H,7-8H2,1-2H3. The molecule has 0 aliphatic carbocycles. The number of allylic oxidation sites excluding steroid dienone is 1. The third-order valence-corrected chi connectivity index (χ3v) is 6.13. The van der Waals surface area contributed by atoms with E-state index in [-0.39, 0.29) is 11.7 Å². The molecule has 2 aromatic heterocycles. The molecule has 0 spiro atoms. The van der Waals surface area contributed by atoms with Gasteiger partial charge in [-0.2, -0.15) is 5.10 Å². The van der Waals surface area contributed by atoms with Crippen LogP contribution in [0.15, 0.2) is 48.3 Å². The lowest BCUT2D eigenvalue weighted by molar-refractivity contribution is 0.102. The summed E-state index contributed by atoms with van der Waals surface area (Å²) in [6.07, 6.45) is 4.69. The van der Waals surface area contributed by atoms with Crippen LogP contribution in [0.4, 0.5) is 11.4 Å². The molecule has 0 amide bonds. The average Bonchev–Trinajstić information content (AvgIpc) is 3.11. The minimum absolute atomic E-state index is 0.0125. The van der Waals surface area contributed by atoms with Crippen molar-refractivity contribution in [2.45, 2.75) is 32.1 Å². The monoisotopic (exact) mass is 392 g/mol. The van der Waals surface area contributed by atoms with Gasteiger partial charge in [-0.25, -0.2) is 4.52 Å². The van der Waals surface area contributed by atoms with E-state index >= 15 is 0 Å². The maximum Gasteiger partial charge on any atom is 0.211 e. The highest BCUT2D eigenvalue weighted by molar-refractivity contribution is 6.30. The van der Waals surface area contributed by atoms with E-state index in [2.05, 4.69) is 41.7 Å². The van der Waals surface area contributed by atoms with Gasteiger partial charge in [0.2, 0.25) is 5.78 Å². The number of anilines is 2. The predicted octanol–water partition coefficient (Wildman–Crippen LogP) is 5.20. The van der Waals surface area contributed by atoms with Gasteiger partial charge in [-0.05, 0) is 41.7 Å². The molecule has 0 bridgehead atoms. The van der Waals surface area contributed by atoms with Crippen LogP contribution in [0.5, 0.6) is 0 Å². The summed E-state index contributed by atoms with van der Waals surface area (Å²) in [4.78, 5) is 13.2. The Bertz CT molecular complexity index is 1150. The molecule has 5 nitrogen and oxygen atoms in total. The van der Waals surface area contributed by atoms with Gasteiger partial charge in [0.25, 0.3) is 0 Å². The number of nitrogens with zero attached hydrogens (tertiary/aromatic N) is 2. The minimum atomic E-state index is -0.0653. The Hall–Kier alpha value is -2.79. The molecule has 2 aliphatic heterocycles. The second-order valence-electron chi connectivity index (χ2n) is 7.65. The number of benzene rings is 1. The fourth-order valence-electron chi connectivity index (χ4n) is 4.25. The molecule has 5 rings (SSSR count). The van der Waals surface area contributed by atoms with Crippen LogP contribution in [0.1, 0.15) is 53.7 Å². The maximum atomic E-state index is 13.2. The molecule has 3 aromatic rings. The second-order valence-corrected chi connectivity index (χ2v) is 8.09. The van der Waals surface area contributed by atoms with E-state index in [1.165, 1.54) is 11.3 Å². The van der Waals surface area contributed by atoms with Crippen molar-refractivity contribution >= 4 is 34.3 Å². The Morgan fingerprint density at radius 3 is 2.86 bits per heavy atom. The quantitative estimate of drug-likeness (QED) is 0.588. The molecular formula is C22H21ClN4O. The summed E-state index contributed by atoms with van der Waals surface area (Å²) in [7, 11) is 0. The van der Waals surface area contributed by atoms with Crippen molar-refractivity contribution < 1.29 is 4.79 Å². The summed E-state index contributed by atoms with van der Waals surface area (Å²) in [5.41, 5.74) is 6.73. The highest BCUT2D eigenvalue weighted by atomic mass is 35.5. The Morgan fingerprint density at radius 1 is 1.18 bits per heavy atom. The van der Waals surface area contributed by atoms with E-state index in [1.54, 1.807) is 22.8 Å². The number of carbonyl (C=O) groups excluding carboxylic acids is 1. The number of hydrogen-bond donors (Lipinski definition) is 2. The summed E-state index contributed by atoms with van der Waals surface area (Å²) in [5, 5.41) is 11.9. The van der Waals surface area contributed by atoms with Crippen molar-refractivity contribution in [2.75, 3.05) is 17.2 Å². The topological polar surface area (TPSA) is 58.4 Å². The lowest BCUT2D eigenvalue weighted by atomic mass is 9.82. The number of rotatable bonds is 2. The number of fused-ring (bicyclic) bond motifs is 4. The van der Waals surface area contributed by atoms with Crippen molar-refractivity contribution in [1.29, 1.82) is 0 Å². The second kappa shape index (κ2) is 6.38. The summed E-state index contributed by atoms with van der Waals surface area (Å²) in [5.74, 6) is 0.460. The van der Waals surface area contributed by atoms with E-state index < -0.39 is 0 Å². The molecule has 2 unspecified atom stereocenters. The van der Waals surface area contributed by atoms with Crippen molar-refractivity contribution in [1.82, 2.24) is 9.61 Å². The first-order valence-corrected chi connectivity index (χ1v) is 9.97. The third-order valence-electron chi connectivity index (χ3n) is 5.90. The van der Waals surface area contributed by atoms with Gasteiger partial charge in [0, 0.05) is 30.4 Å². The highest BCUT2D eigenvalue weighted by Crippen LogP contribution is 2.45. The number of Topliss-reactive ketones (excluding diaryl/α,β-unsaturated/α-hetero) is 1. The number of nitrogens with one attached hydrogen (secondary N) is 2. The Kier molecular flexibility index (Phi) is 3.95. The van der Waals surface area contributed by atoms with E-state index in [0.29, 0.717) is 22.2 Å². The predicted molar refractivity (Wildman–Crippen MR) is 113 cm³/mol. The van der Waals surface area contributed by atoms with Crippen molar-refractivity contribution in [2.24, 2.45) is 0 Å². The van der Waals surface area contributed by atoms with E-state index in [4.69, 9.17) is 11.6 Å². The summed E-state index contributed by atoms with van der Waals surface area (Å²) in [6.45, 7) is 5.31. The first-order valence-electron chi connectivity index (χ1n) is 9.60. The first kappa shape index (κ1) is 17.3.